The number of amides is 1. The molecule has 2 rings (SSSR count). The van der Waals surface area contributed by atoms with Gasteiger partial charge in [0.2, 0.25) is 0 Å². The standard InChI is InChI=1S/C17H20N2O5/c1-10(2)22-14-7-5-13(6-8-14)17(21)23-12(4)16(20)18-15-9-11(3)24-19-15/h5-10,12H,1-4H3,(H,18,19,20)/t12-/m1/s1. The lowest BCUT2D eigenvalue weighted by molar-refractivity contribution is -0.123. The largest absolute Gasteiger partial charge is 0.491 e. The van der Waals surface area contributed by atoms with Gasteiger partial charge in [0.15, 0.2) is 11.9 Å². The summed E-state index contributed by atoms with van der Waals surface area (Å²) in [5, 5.41) is 6.16. The Hall–Kier alpha value is -2.83. The van der Waals surface area contributed by atoms with Crippen LogP contribution >= 0.6 is 0 Å². The van der Waals surface area contributed by atoms with Gasteiger partial charge >= 0.3 is 5.97 Å². The van der Waals surface area contributed by atoms with E-state index in [1.807, 2.05) is 13.8 Å². The zero-order valence-electron chi connectivity index (χ0n) is 14.0. The molecule has 1 aromatic heterocycles. The minimum absolute atomic E-state index is 0.0479. The number of nitrogens with zero attached hydrogens (tertiary/aromatic N) is 1. The van der Waals surface area contributed by atoms with Crippen molar-refractivity contribution < 1.29 is 23.6 Å². The Balaban J connectivity index is 1.91. The predicted molar refractivity (Wildman–Crippen MR) is 87.0 cm³/mol. The molecule has 0 aliphatic carbocycles. The molecule has 1 atom stereocenters. The lowest BCUT2D eigenvalue weighted by Gasteiger charge is -2.13. The normalized spacial score (nSPS) is 11.9. The fourth-order valence-corrected chi connectivity index (χ4v) is 1.88. The molecule has 0 aliphatic heterocycles. The zero-order chi connectivity index (χ0) is 17.7. The molecule has 0 saturated heterocycles. The minimum atomic E-state index is -0.971. The molecule has 1 N–H and O–H groups in total. The number of aromatic nitrogens is 1. The molecule has 0 bridgehead atoms. The number of benzene rings is 1. The maximum atomic E-state index is 12.1. The lowest BCUT2D eigenvalue weighted by Crippen LogP contribution is -2.30. The van der Waals surface area contributed by atoms with E-state index in [4.69, 9.17) is 14.0 Å². The summed E-state index contributed by atoms with van der Waals surface area (Å²) in [6.45, 7) is 7.02. The number of carbonyl (C=O) groups is 2. The topological polar surface area (TPSA) is 90.7 Å². The molecule has 0 fully saturated rings. The molecule has 0 radical (unpaired) electrons. The van der Waals surface area contributed by atoms with E-state index in [1.54, 1.807) is 37.3 Å². The van der Waals surface area contributed by atoms with Crippen LogP contribution < -0.4 is 10.1 Å². The molecule has 128 valence electrons. The molecule has 1 aromatic carbocycles. The third-order valence-corrected chi connectivity index (χ3v) is 2.99. The van der Waals surface area contributed by atoms with Gasteiger partial charge in [-0.3, -0.25) is 4.79 Å². The smallest absolute Gasteiger partial charge is 0.338 e. The number of carbonyl (C=O) groups excluding carboxylic acids is 2. The van der Waals surface area contributed by atoms with Gasteiger partial charge in [-0.15, -0.1) is 0 Å². The van der Waals surface area contributed by atoms with E-state index in [1.165, 1.54) is 6.92 Å². The summed E-state index contributed by atoms with van der Waals surface area (Å²) in [5.74, 6) is 0.421. The van der Waals surface area contributed by atoms with Crippen molar-refractivity contribution in [2.45, 2.75) is 39.9 Å². The van der Waals surface area contributed by atoms with Gasteiger partial charge in [-0.05, 0) is 52.0 Å². The number of anilines is 1. The average molecular weight is 332 g/mol. The second-order valence-corrected chi connectivity index (χ2v) is 5.55. The Morgan fingerprint density at radius 1 is 1.17 bits per heavy atom. The second-order valence-electron chi connectivity index (χ2n) is 5.55. The van der Waals surface area contributed by atoms with Crippen molar-refractivity contribution in [2.24, 2.45) is 0 Å². The van der Waals surface area contributed by atoms with Gasteiger partial charge in [0.05, 0.1) is 11.7 Å². The molecule has 7 heteroatoms. The summed E-state index contributed by atoms with van der Waals surface area (Å²) in [5.41, 5.74) is 0.336. The van der Waals surface area contributed by atoms with Crippen molar-refractivity contribution in [3.05, 3.63) is 41.7 Å². The molecule has 1 amide bonds. The van der Waals surface area contributed by atoms with Gasteiger partial charge in [0, 0.05) is 6.07 Å². The number of esters is 1. The molecular weight excluding hydrogens is 312 g/mol. The Morgan fingerprint density at radius 3 is 2.38 bits per heavy atom. The van der Waals surface area contributed by atoms with Crippen LogP contribution in [0.5, 0.6) is 5.75 Å². The summed E-state index contributed by atoms with van der Waals surface area (Å²) in [4.78, 5) is 24.0. The highest BCUT2D eigenvalue weighted by atomic mass is 16.5. The van der Waals surface area contributed by atoms with Crippen LogP contribution in [0.15, 0.2) is 34.9 Å². The lowest BCUT2D eigenvalue weighted by atomic mass is 10.2. The molecule has 1 heterocycles. The first-order valence-electron chi connectivity index (χ1n) is 7.57. The van der Waals surface area contributed by atoms with E-state index >= 15 is 0 Å². The molecule has 2 aromatic rings. The monoisotopic (exact) mass is 332 g/mol. The summed E-state index contributed by atoms with van der Waals surface area (Å²) in [6, 6.07) is 8.11. The second kappa shape index (κ2) is 7.63. The van der Waals surface area contributed by atoms with Gasteiger partial charge in [0.1, 0.15) is 11.5 Å². The summed E-state index contributed by atoms with van der Waals surface area (Å²) in [7, 11) is 0. The Morgan fingerprint density at radius 2 is 1.83 bits per heavy atom. The fraction of sp³-hybridized carbons (Fsp3) is 0.353. The Bertz CT molecular complexity index is 706. The average Bonchev–Trinajstić information content (AvgIpc) is 2.92. The number of nitrogens with one attached hydrogen (secondary N) is 1. The van der Waals surface area contributed by atoms with Crippen molar-refractivity contribution in [3.63, 3.8) is 0 Å². The SMILES string of the molecule is Cc1cc(NC(=O)[C@@H](C)OC(=O)c2ccc(OC(C)C)cc2)no1. The van der Waals surface area contributed by atoms with Crippen LogP contribution in [0.4, 0.5) is 5.82 Å². The van der Waals surface area contributed by atoms with Crippen LogP contribution in [0.1, 0.15) is 36.9 Å². The summed E-state index contributed by atoms with van der Waals surface area (Å²) >= 11 is 0. The van der Waals surface area contributed by atoms with E-state index in [2.05, 4.69) is 10.5 Å². The van der Waals surface area contributed by atoms with Crippen LogP contribution in [0.2, 0.25) is 0 Å². The van der Waals surface area contributed by atoms with Crippen molar-refractivity contribution in [1.82, 2.24) is 5.16 Å². The van der Waals surface area contributed by atoms with E-state index in [-0.39, 0.29) is 11.9 Å². The number of hydrogen-bond acceptors (Lipinski definition) is 6. The van der Waals surface area contributed by atoms with Gasteiger partial charge in [0.25, 0.3) is 5.91 Å². The zero-order valence-corrected chi connectivity index (χ0v) is 14.0. The van der Waals surface area contributed by atoms with Crippen LogP contribution in [0.25, 0.3) is 0 Å². The highest BCUT2D eigenvalue weighted by Crippen LogP contribution is 2.15. The van der Waals surface area contributed by atoms with E-state index < -0.39 is 18.0 Å². The fourth-order valence-electron chi connectivity index (χ4n) is 1.88. The first-order valence-corrected chi connectivity index (χ1v) is 7.57. The van der Waals surface area contributed by atoms with Gasteiger partial charge in [-0.1, -0.05) is 5.16 Å². The van der Waals surface area contributed by atoms with Crippen LogP contribution in [-0.2, 0) is 9.53 Å². The minimum Gasteiger partial charge on any atom is -0.491 e. The molecule has 7 nitrogen and oxygen atoms in total. The number of hydrogen-bond donors (Lipinski definition) is 1. The third-order valence-electron chi connectivity index (χ3n) is 2.99. The summed E-state index contributed by atoms with van der Waals surface area (Å²) in [6.07, 6.45) is -0.923. The van der Waals surface area contributed by atoms with Crippen molar-refractivity contribution in [3.8, 4) is 5.75 Å². The molecular formula is C17H20N2O5. The van der Waals surface area contributed by atoms with Gasteiger partial charge < -0.3 is 19.3 Å². The maximum absolute atomic E-state index is 12.1. The maximum Gasteiger partial charge on any atom is 0.338 e. The van der Waals surface area contributed by atoms with E-state index in [0.717, 1.165) is 0 Å². The first kappa shape index (κ1) is 17.5. The Labute approximate surface area is 139 Å². The van der Waals surface area contributed by atoms with Crippen molar-refractivity contribution in [1.29, 1.82) is 0 Å². The molecule has 0 aliphatic rings. The molecule has 24 heavy (non-hydrogen) atoms. The van der Waals surface area contributed by atoms with Gasteiger partial charge in [-0.2, -0.15) is 0 Å². The first-order chi connectivity index (χ1) is 11.3. The summed E-state index contributed by atoms with van der Waals surface area (Å²) < 4.78 is 15.5. The highest BCUT2D eigenvalue weighted by molar-refractivity contribution is 5.96. The van der Waals surface area contributed by atoms with Crippen molar-refractivity contribution in [2.75, 3.05) is 5.32 Å². The molecule has 0 unspecified atom stereocenters. The van der Waals surface area contributed by atoms with E-state index in [0.29, 0.717) is 17.1 Å². The molecule has 0 saturated carbocycles. The van der Waals surface area contributed by atoms with E-state index in [9.17, 15) is 9.59 Å². The van der Waals surface area contributed by atoms with Crippen LogP contribution in [0, 0.1) is 6.92 Å². The van der Waals surface area contributed by atoms with Crippen LogP contribution in [0.3, 0.4) is 0 Å². The van der Waals surface area contributed by atoms with Gasteiger partial charge in [-0.25, -0.2) is 4.79 Å². The third kappa shape index (κ3) is 4.84. The van der Waals surface area contributed by atoms with Crippen LogP contribution in [-0.4, -0.2) is 29.2 Å². The highest BCUT2D eigenvalue weighted by Gasteiger charge is 2.20. The Kier molecular flexibility index (Phi) is 5.57. The molecule has 0 spiro atoms. The van der Waals surface area contributed by atoms with Crippen molar-refractivity contribution >= 4 is 17.7 Å². The number of ether oxygens (including phenoxy) is 2. The quantitative estimate of drug-likeness (QED) is 0.818. The number of rotatable bonds is 6. The predicted octanol–water partition coefficient (Wildman–Crippen LogP) is 2.95. The number of aryl methyl sites for hydroxylation is 1.